The second-order valence-electron chi connectivity index (χ2n) is 5.48. The second-order valence-corrected chi connectivity index (χ2v) is 5.92. The van der Waals surface area contributed by atoms with E-state index in [1.807, 2.05) is 36.4 Å². The van der Waals surface area contributed by atoms with E-state index in [-0.39, 0.29) is 6.10 Å². The molecule has 0 bridgehead atoms. The van der Waals surface area contributed by atoms with Gasteiger partial charge in [-0.25, -0.2) is 0 Å². The van der Waals surface area contributed by atoms with Crippen molar-refractivity contribution in [3.8, 4) is 11.5 Å². The Labute approximate surface area is 129 Å². The van der Waals surface area contributed by atoms with Gasteiger partial charge in [-0.2, -0.15) is 0 Å². The highest BCUT2D eigenvalue weighted by Gasteiger charge is 2.21. The molecule has 0 amide bonds. The molecule has 1 heterocycles. The molecule has 21 heavy (non-hydrogen) atoms. The van der Waals surface area contributed by atoms with Crippen LogP contribution in [0.25, 0.3) is 0 Å². The SMILES string of the molecule is C[C@@H]1CN(Cc2ccccc2O)Cc2cc(Cl)ccc2O1. The molecule has 1 aliphatic heterocycles. The van der Waals surface area contributed by atoms with Crippen LogP contribution in [-0.2, 0) is 13.1 Å². The van der Waals surface area contributed by atoms with E-state index in [0.29, 0.717) is 12.3 Å². The first-order valence-corrected chi connectivity index (χ1v) is 7.44. The molecular weight excluding hydrogens is 286 g/mol. The molecule has 0 radical (unpaired) electrons. The standard InChI is InChI=1S/C17H18ClNO2/c1-12-9-19(10-13-4-2-3-5-16(13)20)11-14-8-15(18)6-7-17(14)21-12/h2-8,12,20H,9-11H2,1H3/t12-/m1/s1. The average molecular weight is 304 g/mol. The smallest absolute Gasteiger partial charge is 0.124 e. The van der Waals surface area contributed by atoms with Gasteiger partial charge < -0.3 is 9.84 Å². The van der Waals surface area contributed by atoms with E-state index < -0.39 is 0 Å². The van der Waals surface area contributed by atoms with E-state index in [4.69, 9.17) is 16.3 Å². The van der Waals surface area contributed by atoms with Crippen LogP contribution in [0.1, 0.15) is 18.1 Å². The fourth-order valence-corrected chi connectivity index (χ4v) is 2.91. The molecular formula is C17H18ClNO2. The summed E-state index contributed by atoms with van der Waals surface area (Å²) in [7, 11) is 0. The van der Waals surface area contributed by atoms with Crippen molar-refractivity contribution in [2.24, 2.45) is 0 Å². The summed E-state index contributed by atoms with van der Waals surface area (Å²) in [5.41, 5.74) is 2.01. The molecule has 2 aromatic rings. The van der Waals surface area contributed by atoms with Crippen LogP contribution in [0.2, 0.25) is 5.02 Å². The summed E-state index contributed by atoms with van der Waals surface area (Å²) in [6, 6.07) is 13.2. The molecule has 3 nitrogen and oxygen atoms in total. The molecule has 0 fully saturated rings. The minimum atomic E-state index is 0.0956. The largest absolute Gasteiger partial charge is 0.508 e. The topological polar surface area (TPSA) is 32.7 Å². The molecule has 1 aliphatic rings. The van der Waals surface area contributed by atoms with Crippen LogP contribution in [0.5, 0.6) is 11.5 Å². The van der Waals surface area contributed by atoms with Crippen molar-refractivity contribution in [1.82, 2.24) is 4.90 Å². The van der Waals surface area contributed by atoms with Gasteiger partial charge in [0.05, 0.1) is 0 Å². The molecule has 4 heteroatoms. The number of para-hydroxylation sites is 1. The zero-order chi connectivity index (χ0) is 14.8. The lowest BCUT2D eigenvalue weighted by molar-refractivity contribution is 0.155. The Morgan fingerprint density at radius 3 is 2.90 bits per heavy atom. The van der Waals surface area contributed by atoms with Gasteiger partial charge in [0.15, 0.2) is 0 Å². The lowest BCUT2D eigenvalue weighted by Crippen LogP contribution is -2.30. The maximum Gasteiger partial charge on any atom is 0.124 e. The number of halogens is 1. The number of phenols is 1. The third-order valence-electron chi connectivity index (χ3n) is 3.65. The molecule has 110 valence electrons. The Bertz CT molecular complexity index is 644. The van der Waals surface area contributed by atoms with Crippen molar-refractivity contribution < 1.29 is 9.84 Å². The second kappa shape index (κ2) is 5.96. The third-order valence-corrected chi connectivity index (χ3v) is 3.88. The quantitative estimate of drug-likeness (QED) is 0.915. The minimum Gasteiger partial charge on any atom is -0.508 e. The summed E-state index contributed by atoms with van der Waals surface area (Å²) in [5, 5.41) is 10.7. The summed E-state index contributed by atoms with van der Waals surface area (Å²) in [5.74, 6) is 1.23. The van der Waals surface area contributed by atoms with Crippen LogP contribution in [0, 0.1) is 0 Å². The predicted octanol–water partition coefficient (Wildman–Crippen LogP) is 3.83. The van der Waals surface area contributed by atoms with Crippen LogP contribution in [0.3, 0.4) is 0 Å². The fourth-order valence-electron chi connectivity index (χ4n) is 2.72. The Hall–Kier alpha value is -1.71. The number of rotatable bonds is 2. The van der Waals surface area contributed by atoms with Crippen molar-refractivity contribution in [1.29, 1.82) is 0 Å². The number of hydrogen-bond donors (Lipinski definition) is 1. The van der Waals surface area contributed by atoms with Crippen LogP contribution in [-0.4, -0.2) is 22.7 Å². The summed E-state index contributed by atoms with van der Waals surface area (Å²) in [6.07, 6.45) is 0.0956. The maximum atomic E-state index is 9.94. The van der Waals surface area contributed by atoms with Gasteiger partial charge in [-0.1, -0.05) is 29.8 Å². The first-order valence-electron chi connectivity index (χ1n) is 7.06. The Kier molecular flexibility index (Phi) is 4.04. The number of ether oxygens (including phenoxy) is 1. The molecule has 0 unspecified atom stereocenters. The number of benzene rings is 2. The molecule has 1 atom stereocenters. The van der Waals surface area contributed by atoms with Crippen LogP contribution < -0.4 is 4.74 Å². The molecule has 0 saturated heterocycles. The molecule has 0 spiro atoms. The summed E-state index contributed by atoms with van der Waals surface area (Å²) < 4.78 is 5.95. The summed E-state index contributed by atoms with van der Waals surface area (Å²) in [4.78, 5) is 2.27. The van der Waals surface area contributed by atoms with Crippen molar-refractivity contribution in [3.63, 3.8) is 0 Å². The molecule has 0 saturated carbocycles. The van der Waals surface area contributed by atoms with E-state index in [9.17, 15) is 5.11 Å². The summed E-state index contributed by atoms with van der Waals surface area (Å²) >= 11 is 6.09. The molecule has 1 N–H and O–H groups in total. The highest BCUT2D eigenvalue weighted by molar-refractivity contribution is 6.30. The van der Waals surface area contributed by atoms with Gasteiger partial charge >= 0.3 is 0 Å². The normalized spacial score (nSPS) is 18.7. The van der Waals surface area contributed by atoms with Gasteiger partial charge in [-0.3, -0.25) is 4.90 Å². The Morgan fingerprint density at radius 1 is 1.29 bits per heavy atom. The predicted molar refractivity (Wildman–Crippen MR) is 83.8 cm³/mol. The van der Waals surface area contributed by atoms with Crippen LogP contribution in [0.15, 0.2) is 42.5 Å². The lowest BCUT2D eigenvalue weighted by Gasteiger charge is -2.22. The van der Waals surface area contributed by atoms with E-state index in [2.05, 4.69) is 11.8 Å². The van der Waals surface area contributed by atoms with Crippen molar-refractivity contribution in [2.75, 3.05) is 6.54 Å². The summed E-state index contributed by atoms with van der Waals surface area (Å²) in [6.45, 7) is 4.31. The highest BCUT2D eigenvalue weighted by atomic mass is 35.5. The van der Waals surface area contributed by atoms with Gasteiger partial charge in [0, 0.05) is 35.8 Å². The molecule has 2 aromatic carbocycles. The van der Waals surface area contributed by atoms with Gasteiger partial charge in [-0.15, -0.1) is 0 Å². The van der Waals surface area contributed by atoms with Gasteiger partial charge in [0.1, 0.15) is 17.6 Å². The van der Waals surface area contributed by atoms with Crippen molar-refractivity contribution in [2.45, 2.75) is 26.1 Å². The average Bonchev–Trinajstić information content (AvgIpc) is 2.59. The van der Waals surface area contributed by atoms with Gasteiger partial charge in [0.2, 0.25) is 0 Å². The molecule has 0 aliphatic carbocycles. The van der Waals surface area contributed by atoms with E-state index >= 15 is 0 Å². The van der Waals surface area contributed by atoms with E-state index in [0.717, 1.165) is 35.0 Å². The lowest BCUT2D eigenvalue weighted by atomic mass is 10.1. The van der Waals surface area contributed by atoms with Crippen molar-refractivity contribution in [3.05, 3.63) is 58.6 Å². The van der Waals surface area contributed by atoms with E-state index in [1.54, 1.807) is 6.07 Å². The van der Waals surface area contributed by atoms with E-state index in [1.165, 1.54) is 0 Å². The number of aromatic hydroxyl groups is 1. The first-order chi connectivity index (χ1) is 10.1. The molecule has 0 aromatic heterocycles. The van der Waals surface area contributed by atoms with Crippen LogP contribution in [0.4, 0.5) is 0 Å². The number of nitrogens with zero attached hydrogens (tertiary/aromatic N) is 1. The third kappa shape index (κ3) is 3.31. The maximum absolute atomic E-state index is 9.94. The minimum absolute atomic E-state index is 0.0956. The highest BCUT2D eigenvalue weighted by Crippen LogP contribution is 2.29. The zero-order valence-electron chi connectivity index (χ0n) is 11.9. The van der Waals surface area contributed by atoms with Crippen molar-refractivity contribution >= 4 is 11.6 Å². The Balaban J connectivity index is 1.85. The zero-order valence-corrected chi connectivity index (χ0v) is 12.7. The number of phenolic OH excluding ortho intramolecular Hbond substituents is 1. The van der Waals surface area contributed by atoms with Gasteiger partial charge in [-0.05, 0) is 31.2 Å². The Morgan fingerprint density at radius 2 is 2.10 bits per heavy atom. The monoisotopic (exact) mass is 303 g/mol. The first kappa shape index (κ1) is 14.2. The number of hydrogen-bond acceptors (Lipinski definition) is 3. The fraction of sp³-hybridized carbons (Fsp3) is 0.294. The van der Waals surface area contributed by atoms with Crippen LogP contribution >= 0.6 is 11.6 Å². The number of fused-ring (bicyclic) bond motifs is 1. The molecule has 3 rings (SSSR count). The van der Waals surface area contributed by atoms with Gasteiger partial charge in [0.25, 0.3) is 0 Å².